The zero-order chi connectivity index (χ0) is 22.5. The molecule has 0 spiro atoms. The fraction of sp³-hybridized carbons (Fsp3) is 0.419. The molecule has 0 atom stereocenters. The first-order valence-electron chi connectivity index (χ1n) is 12.6. The summed E-state index contributed by atoms with van der Waals surface area (Å²) in [4.78, 5) is -0.668. The van der Waals surface area contributed by atoms with Gasteiger partial charge in [-0.25, -0.2) is 0 Å². The Bertz CT molecular complexity index is 828. The number of hydrogen-bond acceptors (Lipinski definition) is 0. The SMILES string of the molecule is CCCCCCCCCCCCc1ccc(C(Cl)(c2ccccc2)c2ccccc2)cc1. The molecular formula is C31H39Cl. The number of hydrogen-bond donors (Lipinski definition) is 0. The first kappa shape index (κ1) is 24.6. The van der Waals surface area contributed by atoms with E-state index in [0.29, 0.717) is 0 Å². The van der Waals surface area contributed by atoms with Crippen LogP contribution in [0.1, 0.15) is 93.4 Å². The van der Waals surface area contributed by atoms with Gasteiger partial charge in [-0.15, -0.1) is 11.6 Å². The maximum absolute atomic E-state index is 7.38. The van der Waals surface area contributed by atoms with Crippen LogP contribution in [-0.4, -0.2) is 0 Å². The maximum atomic E-state index is 7.38. The van der Waals surface area contributed by atoms with Crippen molar-refractivity contribution in [1.82, 2.24) is 0 Å². The van der Waals surface area contributed by atoms with Crippen LogP contribution in [0.15, 0.2) is 84.9 Å². The average molecular weight is 447 g/mol. The van der Waals surface area contributed by atoms with E-state index < -0.39 is 4.87 Å². The largest absolute Gasteiger partial charge is 0.119 e. The summed E-state index contributed by atoms with van der Waals surface area (Å²) < 4.78 is 0. The predicted molar refractivity (Wildman–Crippen MR) is 141 cm³/mol. The number of rotatable bonds is 14. The molecule has 1 heteroatoms. The van der Waals surface area contributed by atoms with Crippen LogP contribution in [0, 0.1) is 0 Å². The molecule has 0 radical (unpaired) electrons. The lowest BCUT2D eigenvalue weighted by Gasteiger charge is -2.29. The highest BCUT2D eigenvalue weighted by Gasteiger charge is 2.33. The Kier molecular flexibility index (Phi) is 10.4. The third-order valence-corrected chi connectivity index (χ3v) is 7.17. The number of aryl methyl sites for hydroxylation is 1. The second-order valence-corrected chi connectivity index (χ2v) is 9.59. The van der Waals surface area contributed by atoms with Crippen LogP contribution in [0.5, 0.6) is 0 Å². The molecule has 0 fully saturated rings. The molecule has 0 nitrogen and oxygen atoms in total. The van der Waals surface area contributed by atoms with E-state index >= 15 is 0 Å². The van der Waals surface area contributed by atoms with Crippen molar-refractivity contribution < 1.29 is 0 Å². The molecule has 0 aliphatic heterocycles. The molecule has 0 unspecified atom stereocenters. The van der Waals surface area contributed by atoms with Gasteiger partial charge < -0.3 is 0 Å². The summed E-state index contributed by atoms with van der Waals surface area (Å²) in [7, 11) is 0. The Morgan fingerprint density at radius 3 is 1.38 bits per heavy atom. The number of benzene rings is 3. The Labute approximate surface area is 201 Å². The molecule has 0 aromatic heterocycles. The molecular weight excluding hydrogens is 408 g/mol. The molecule has 32 heavy (non-hydrogen) atoms. The van der Waals surface area contributed by atoms with E-state index in [2.05, 4.69) is 79.7 Å². The Hall–Kier alpha value is -2.05. The lowest BCUT2D eigenvalue weighted by atomic mass is 9.83. The summed E-state index contributed by atoms with van der Waals surface area (Å²) >= 11 is 7.38. The molecule has 3 rings (SSSR count). The van der Waals surface area contributed by atoms with Gasteiger partial charge in [-0.2, -0.15) is 0 Å². The second kappa shape index (κ2) is 13.5. The maximum Gasteiger partial charge on any atom is 0.119 e. The summed E-state index contributed by atoms with van der Waals surface area (Å²) in [6.07, 6.45) is 15.0. The van der Waals surface area contributed by atoms with Crippen LogP contribution in [0.4, 0.5) is 0 Å². The van der Waals surface area contributed by atoms with E-state index in [9.17, 15) is 0 Å². The lowest BCUT2D eigenvalue weighted by molar-refractivity contribution is 0.556. The summed E-state index contributed by atoms with van der Waals surface area (Å²) in [5.74, 6) is 0. The van der Waals surface area contributed by atoms with Crippen LogP contribution in [0.3, 0.4) is 0 Å². The standard InChI is InChI=1S/C31H39Cl/c1-2-3-4-5-6-7-8-9-10-13-18-27-23-25-30(26-24-27)31(32,28-19-14-11-15-20-28)29-21-16-12-17-22-29/h11-12,14-17,19-26H,2-10,13,18H2,1H3. The number of halogens is 1. The normalized spacial score (nSPS) is 11.6. The first-order chi connectivity index (χ1) is 15.7. The van der Waals surface area contributed by atoms with Gasteiger partial charge in [-0.1, -0.05) is 150 Å². The summed E-state index contributed by atoms with van der Waals surface area (Å²) in [5, 5.41) is 0. The molecule has 0 bridgehead atoms. The Balaban J connectivity index is 1.53. The fourth-order valence-corrected chi connectivity index (χ4v) is 4.93. The molecule has 170 valence electrons. The van der Waals surface area contributed by atoms with Gasteiger partial charge in [0.15, 0.2) is 0 Å². The van der Waals surface area contributed by atoms with E-state index in [1.54, 1.807) is 0 Å². The predicted octanol–water partition coefficient (Wildman–Crippen LogP) is 9.68. The van der Waals surface area contributed by atoms with E-state index in [1.807, 2.05) is 12.1 Å². The highest BCUT2D eigenvalue weighted by atomic mass is 35.5. The zero-order valence-corrected chi connectivity index (χ0v) is 20.5. The highest BCUT2D eigenvalue weighted by molar-refractivity contribution is 6.28. The average Bonchev–Trinajstić information content (AvgIpc) is 2.86. The Morgan fingerprint density at radius 1 is 0.500 bits per heavy atom. The molecule has 0 heterocycles. The third kappa shape index (κ3) is 6.97. The Morgan fingerprint density at radius 2 is 0.906 bits per heavy atom. The van der Waals surface area contributed by atoms with Gasteiger partial charge in [-0.3, -0.25) is 0 Å². The second-order valence-electron chi connectivity index (χ2n) is 9.02. The van der Waals surface area contributed by atoms with Crippen molar-refractivity contribution in [2.24, 2.45) is 0 Å². The van der Waals surface area contributed by atoms with E-state index in [1.165, 1.54) is 69.8 Å². The van der Waals surface area contributed by atoms with Crippen LogP contribution >= 0.6 is 11.6 Å². The van der Waals surface area contributed by atoms with Crippen LogP contribution < -0.4 is 0 Å². The summed E-state index contributed by atoms with van der Waals surface area (Å²) in [6.45, 7) is 2.28. The molecule has 0 saturated carbocycles. The quantitative estimate of drug-likeness (QED) is 0.131. The summed E-state index contributed by atoms with van der Waals surface area (Å²) in [5.41, 5.74) is 4.75. The molecule has 0 amide bonds. The van der Waals surface area contributed by atoms with E-state index in [0.717, 1.165) is 23.1 Å². The van der Waals surface area contributed by atoms with Gasteiger partial charge in [0.25, 0.3) is 0 Å². The van der Waals surface area contributed by atoms with Crippen molar-refractivity contribution in [3.05, 3.63) is 107 Å². The van der Waals surface area contributed by atoms with Crippen molar-refractivity contribution in [3.63, 3.8) is 0 Å². The molecule has 3 aromatic rings. The van der Waals surface area contributed by atoms with Crippen molar-refractivity contribution in [2.45, 2.75) is 82.4 Å². The lowest BCUT2D eigenvalue weighted by Crippen LogP contribution is -2.22. The monoisotopic (exact) mass is 446 g/mol. The van der Waals surface area contributed by atoms with Crippen molar-refractivity contribution in [3.8, 4) is 0 Å². The smallest absolute Gasteiger partial charge is 0.104 e. The van der Waals surface area contributed by atoms with Crippen LogP contribution in [0.25, 0.3) is 0 Å². The number of unbranched alkanes of at least 4 members (excludes halogenated alkanes) is 9. The van der Waals surface area contributed by atoms with Gasteiger partial charge in [0, 0.05) is 0 Å². The molecule has 0 aliphatic rings. The minimum Gasteiger partial charge on any atom is -0.104 e. The number of alkyl halides is 1. The molecule has 3 aromatic carbocycles. The highest BCUT2D eigenvalue weighted by Crippen LogP contribution is 2.42. The van der Waals surface area contributed by atoms with Gasteiger partial charge >= 0.3 is 0 Å². The fourth-order valence-electron chi connectivity index (χ4n) is 4.55. The topological polar surface area (TPSA) is 0 Å². The summed E-state index contributed by atoms with van der Waals surface area (Å²) in [6, 6.07) is 29.8. The van der Waals surface area contributed by atoms with Crippen LogP contribution in [-0.2, 0) is 11.3 Å². The van der Waals surface area contributed by atoms with Gasteiger partial charge in [0.2, 0.25) is 0 Å². The molecule has 0 N–H and O–H groups in total. The minimum atomic E-state index is -0.668. The van der Waals surface area contributed by atoms with Crippen molar-refractivity contribution >= 4 is 11.6 Å². The van der Waals surface area contributed by atoms with Gasteiger partial charge in [0.1, 0.15) is 4.87 Å². The third-order valence-electron chi connectivity index (χ3n) is 6.51. The van der Waals surface area contributed by atoms with Crippen molar-refractivity contribution in [2.75, 3.05) is 0 Å². The zero-order valence-electron chi connectivity index (χ0n) is 19.7. The van der Waals surface area contributed by atoms with Gasteiger partial charge in [-0.05, 0) is 35.1 Å². The van der Waals surface area contributed by atoms with Crippen LogP contribution in [0.2, 0.25) is 0 Å². The minimum absolute atomic E-state index is 0.668. The molecule has 0 saturated heterocycles. The first-order valence-corrected chi connectivity index (χ1v) is 13.0. The van der Waals surface area contributed by atoms with E-state index in [-0.39, 0.29) is 0 Å². The molecule has 0 aliphatic carbocycles. The van der Waals surface area contributed by atoms with Gasteiger partial charge in [0.05, 0.1) is 0 Å². The van der Waals surface area contributed by atoms with Crippen molar-refractivity contribution in [1.29, 1.82) is 0 Å². The van der Waals surface area contributed by atoms with E-state index in [4.69, 9.17) is 11.6 Å².